The standard InChI is InChI=1S/C26H25ClN2O3/c1-5-15(2)17-10-12-23-22(13-17)29-26(32-23)18-9-11-20(27)21(14-18)28-25(30)19-8-6-7-16(3)24(19)31-4/h6-15H,5H2,1-4H3,(H,28,30)/t15-/m0/s1. The van der Waals surface area contributed by atoms with Gasteiger partial charge in [-0.05, 0) is 66.8 Å². The Labute approximate surface area is 192 Å². The van der Waals surface area contributed by atoms with Crippen LogP contribution in [0.5, 0.6) is 5.75 Å². The summed E-state index contributed by atoms with van der Waals surface area (Å²) in [7, 11) is 1.55. The van der Waals surface area contributed by atoms with Gasteiger partial charge in [0.1, 0.15) is 11.3 Å². The predicted octanol–water partition coefficient (Wildman–Crippen LogP) is 7.23. The highest BCUT2D eigenvalue weighted by Gasteiger charge is 2.17. The highest BCUT2D eigenvalue weighted by Crippen LogP contribution is 2.32. The molecule has 0 fully saturated rings. The number of amides is 1. The Balaban J connectivity index is 1.66. The van der Waals surface area contributed by atoms with Crippen LogP contribution in [0.4, 0.5) is 5.69 Å². The number of carbonyl (C=O) groups is 1. The molecule has 0 aliphatic heterocycles. The lowest BCUT2D eigenvalue weighted by molar-refractivity contribution is 0.102. The summed E-state index contributed by atoms with van der Waals surface area (Å²) in [4.78, 5) is 17.6. The zero-order valence-corrected chi connectivity index (χ0v) is 19.3. The fourth-order valence-electron chi connectivity index (χ4n) is 3.66. The molecule has 1 N–H and O–H groups in total. The van der Waals surface area contributed by atoms with Gasteiger partial charge in [-0.2, -0.15) is 0 Å². The minimum atomic E-state index is -0.305. The molecule has 164 valence electrons. The summed E-state index contributed by atoms with van der Waals surface area (Å²) in [6, 6.07) is 16.8. The van der Waals surface area contributed by atoms with E-state index in [1.807, 2.05) is 31.2 Å². The summed E-state index contributed by atoms with van der Waals surface area (Å²) in [5.41, 5.74) is 5.27. The van der Waals surface area contributed by atoms with Crippen LogP contribution in [-0.2, 0) is 0 Å². The lowest BCUT2D eigenvalue weighted by Gasteiger charge is -2.12. The number of hydrogen-bond acceptors (Lipinski definition) is 4. The molecule has 0 saturated heterocycles. The van der Waals surface area contributed by atoms with Crippen LogP contribution in [0.25, 0.3) is 22.6 Å². The molecule has 1 amide bonds. The smallest absolute Gasteiger partial charge is 0.259 e. The highest BCUT2D eigenvalue weighted by atomic mass is 35.5. The van der Waals surface area contributed by atoms with E-state index in [-0.39, 0.29) is 5.91 Å². The fraction of sp³-hybridized carbons (Fsp3) is 0.231. The molecule has 1 heterocycles. The number of oxazole rings is 1. The number of carbonyl (C=O) groups excluding carboxylic acids is 1. The second kappa shape index (κ2) is 9.05. The van der Waals surface area contributed by atoms with Crippen molar-refractivity contribution in [3.05, 3.63) is 76.3 Å². The number of methoxy groups -OCH3 is 1. The van der Waals surface area contributed by atoms with Crippen molar-refractivity contribution in [2.75, 3.05) is 12.4 Å². The van der Waals surface area contributed by atoms with Crippen LogP contribution in [0, 0.1) is 6.92 Å². The lowest BCUT2D eigenvalue weighted by Crippen LogP contribution is -2.14. The average Bonchev–Trinajstić information content (AvgIpc) is 3.23. The number of aryl methyl sites for hydroxylation is 1. The Morgan fingerprint density at radius 3 is 2.75 bits per heavy atom. The molecule has 0 aliphatic carbocycles. The molecule has 1 atom stereocenters. The van der Waals surface area contributed by atoms with E-state index in [2.05, 4.69) is 36.3 Å². The predicted molar refractivity (Wildman–Crippen MR) is 129 cm³/mol. The van der Waals surface area contributed by atoms with E-state index in [1.54, 1.807) is 25.3 Å². The number of nitrogens with zero attached hydrogens (tertiary/aromatic N) is 1. The maximum atomic E-state index is 12.9. The van der Waals surface area contributed by atoms with Crippen LogP contribution in [-0.4, -0.2) is 18.0 Å². The minimum absolute atomic E-state index is 0.305. The molecule has 0 aliphatic rings. The van der Waals surface area contributed by atoms with Gasteiger partial charge in [0.15, 0.2) is 5.58 Å². The minimum Gasteiger partial charge on any atom is -0.496 e. The average molecular weight is 449 g/mol. The second-order valence-corrected chi connectivity index (χ2v) is 8.27. The number of para-hydroxylation sites is 1. The van der Waals surface area contributed by atoms with E-state index in [4.69, 9.17) is 20.8 Å². The third kappa shape index (κ3) is 4.21. The molecule has 3 aromatic carbocycles. The molecule has 0 saturated carbocycles. The molecule has 4 aromatic rings. The van der Waals surface area contributed by atoms with Crippen LogP contribution in [0.2, 0.25) is 5.02 Å². The van der Waals surface area contributed by atoms with Crippen molar-refractivity contribution in [2.24, 2.45) is 0 Å². The Morgan fingerprint density at radius 1 is 1.19 bits per heavy atom. The number of rotatable bonds is 6. The first kappa shape index (κ1) is 21.9. The van der Waals surface area contributed by atoms with Crippen molar-refractivity contribution in [2.45, 2.75) is 33.1 Å². The Morgan fingerprint density at radius 2 is 2.00 bits per heavy atom. The Hall–Kier alpha value is -3.31. The largest absolute Gasteiger partial charge is 0.496 e. The number of aromatic nitrogens is 1. The number of ether oxygens (including phenoxy) is 1. The van der Waals surface area contributed by atoms with E-state index < -0.39 is 0 Å². The van der Waals surface area contributed by atoms with Gasteiger partial charge in [-0.3, -0.25) is 4.79 Å². The van der Waals surface area contributed by atoms with Gasteiger partial charge in [-0.15, -0.1) is 0 Å². The van der Waals surface area contributed by atoms with Crippen molar-refractivity contribution in [3.63, 3.8) is 0 Å². The Kier molecular flexibility index (Phi) is 6.19. The summed E-state index contributed by atoms with van der Waals surface area (Å²) in [6.45, 7) is 6.25. The summed E-state index contributed by atoms with van der Waals surface area (Å²) in [6.07, 6.45) is 1.06. The second-order valence-electron chi connectivity index (χ2n) is 7.86. The van der Waals surface area contributed by atoms with Crippen molar-refractivity contribution < 1.29 is 13.9 Å². The molecular formula is C26H25ClN2O3. The van der Waals surface area contributed by atoms with Gasteiger partial charge in [-0.25, -0.2) is 4.98 Å². The molecular weight excluding hydrogens is 424 g/mol. The first-order valence-corrected chi connectivity index (χ1v) is 10.9. The number of benzene rings is 3. The van der Waals surface area contributed by atoms with Gasteiger partial charge in [0.2, 0.25) is 5.89 Å². The molecule has 5 nitrogen and oxygen atoms in total. The molecule has 1 aromatic heterocycles. The van der Waals surface area contributed by atoms with Crippen LogP contribution in [0.1, 0.15) is 47.7 Å². The number of nitrogens with one attached hydrogen (secondary N) is 1. The molecule has 6 heteroatoms. The van der Waals surface area contributed by atoms with E-state index >= 15 is 0 Å². The summed E-state index contributed by atoms with van der Waals surface area (Å²) < 4.78 is 11.4. The first-order valence-electron chi connectivity index (χ1n) is 10.6. The Bertz CT molecular complexity index is 1300. The third-order valence-electron chi connectivity index (χ3n) is 5.72. The van der Waals surface area contributed by atoms with Crippen molar-refractivity contribution in [1.29, 1.82) is 0 Å². The normalized spacial score (nSPS) is 12.0. The maximum absolute atomic E-state index is 12.9. The fourth-order valence-corrected chi connectivity index (χ4v) is 3.82. The van der Waals surface area contributed by atoms with E-state index in [0.29, 0.717) is 33.8 Å². The van der Waals surface area contributed by atoms with Gasteiger partial charge >= 0.3 is 0 Å². The molecule has 4 rings (SSSR count). The third-order valence-corrected chi connectivity index (χ3v) is 6.04. The van der Waals surface area contributed by atoms with Crippen LogP contribution in [0.3, 0.4) is 0 Å². The van der Waals surface area contributed by atoms with Gasteiger partial charge in [0.25, 0.3) is 5.91 Å². The summed E-state index contributed by atoms with van der Waals surface area (Å²) >= 11 is 6.37. The molecule has 0 radical (unpaired) electrons. The van der Waals surface area contributed by atoms with Gasteiger partial charge in [-0.1, -0.05) is 43.6 Å². The van der Waals surface area contributed by atoms with E-state index in [0.717, 1.165) is 28.6 Å². The zero-order valence-electron chi connectivity index (χ0n) is 18.5. The molecule has 0 spiro atoms. The maximum Gasteiger partial charge on any atom is 0.259 e. The van der Waals surface area contributed by atoms with Crippen LogP contribution >= 0.6 is 11.6 Å². The molecule has 32 heavy (non-hydrogen) atoms. The van der Waals surface area contributed by atoms with Gasteiger partial charge in [0, 0.05) is 5.56 Å². The lowest BCUT2D eigenvalue weighted by atomic mass is 9.98. The number of halogens is 1. The number of anilines is 1. The van der Waals surface area contributed by atoms with Crippen molar-refractivity contribution in [1.82, 2.24) is 4.98 Å². The summed E-state index contributed by atoms with van der Waals surface area (Å²) in [5, 5.41) is 3.30. The SMILES string of the molecule is CC[C@H](C)c1ccc2oc(-c3ccc(Cl)c(NC(=O)c4cccc(C)c4OC)c3)nc2c1. The van der Waals surface area contributed by atoms with Crippen molar-refractivity contribution in [3.8, 4) is 17.2 Å². The van der Waals surface area contributed by atoms with Crippen LogP contribution < -0.4 is 10.1 Å². The molecule has 0 unspecified atom stereocenters. The van der Waals surface area contributed by atoms with E-state index in [1.165, 1.54) is 5.56 Å². The van der Waals surface area contributed by atoms with Gasteiger partial charge < -0.3 is 14.5 Å². The first-order chi connectivity index (χ1) is 15.4. The topological polar surface area (TPSA) is 64.4 Å². The number of hydrogen-bond donors (Lipinski definition) is 1. The summed E-state index contributed by atoms with van der Waals surface area (Å²) in [5.74, 6) is 1.16. The highest BCUT2D eigenvalue weighted by molar-refractivity contribution is 6.34. The zero-order chi connectivity index (χ0) is 22.8. The quantitative estimate of drug-likeness (QED) is 0.338. The number of fused-ring (bicyclic) bond motifs is 1. The van der Waals surface area contributed by atoms with Crippen molar-refractivity contribution >= 4 is 34.3 Å². The van der Waals surface area contributed by atoms with Gasteiger partial charge in [0.05, 0.1) is 23.4 Å². The van der Waals surface area contributed by atoms with Crippen LogP contribution in [0.15, 0.2) is 59.0 Å². The van der Waals surface area contributed by atoms with E-state index in [9.17, 15) is 4.79 Å². The monoisotopic (exact) mass is 448 g/mol. The molecule has 0 bridgehead atoms.